The molecule has 0 aliphatic rings. The highest BCUT2D eigenvalue weighted by molar-refractivity contribution is 8.01. The number of amidine groups is 1. The van der Waals surface area contributed by atoms with Crippen molar-refractivity contribution in [2.24, 2.45) is 10.9 Å². The SMILES string of the molecule is Cc1csc(SCCOc2ccc(/C(N)=N/O)cc2)n1. The Bertz CT molecular complexity index is 582. The number of ether oxygens (including phenoxy) is 1. The second-order valence-electron chi connectivity index (χ2n) is 3.96. The zero-order valence-corrected chi connectivity index (χ0v) is 12.6. The Morgan fingerprint density at radius 1 is 1.45 bits per heavy atom. The molecular weight excluding hydrogens is 294 g/mol. The van der Waals surface area contributed by atoms with Gasteiger partial charge in [0.2, 0.25) is 0 Å². The Morgan fingerprint density at radius 2 is 2.20 bits per heavy atom. The quantitative estimate of drug-likeness (QED) is 0.214. The van der Waals surface area contributed by atoms with Gasteiger partial charge in [-0.3, -0.25) is 0 Å². The third-order valence-corrected chi connectivity index (χ3v) is 4.54. The van der Waals surface area contributed by atoms with Gasteiger partial charge in [0.1, 0.15) is 10.1 Å². The number of nitrogens with zero attached hydrogens (tertiary/aromatic N) is 2. The lowest BCUT2D eigenvalue weighted by molar-refractivity contribution is 0.318. The minimum Gasteiger partial charge on any atom is -0.493 e. The second-order valence-corrected chi connectivity index (χ2v) is 6.16. The maximum absolute atomic E-state index is 8.56. The average molecular weight is 309 g/mol. The van der Waals surface area contributed by atoms with E-state index < -0.39 is 0 Å². The number of nitrogens with two attached hydrogens (primary N) is 1. The molecule has 1 aromatic heterocycles. The number of hydrogen-bond acceptors (Lipinski definition) is 6. The molecule has 1 aromatic carbocycles. The molecule has 5 nitrogen and oxygen atoms in total. The third kappa shape index (κ3) is 4.14. The van der Waals surface area contributed by atoms with Gasteiger partial charge in [0, 0.05) is 22.4 Å². The Kier molecular flexibility index (Phi) is 5.25. The van der Waals surface area contributed by atoms with Crippen molar-refractivity contribution in [1.29, 1.82) is 0 Å². The maximum atomic E-state index is 8.56. The molecule has 2 rings (SSSR count). The normalized spacial score (nSPS) is 11.6. The van der Waals surface area contributed by atoms with Crippen molar-refractivity contribution in [2.45, 2.75) is 11.3 Å². The van der Waals surface area contributed by atoms with Gasteiger partial charge < -0.3 is 15.7 Å². The van der Waals surface area contributed by atoms with E-state index in [4.69, 9.17) is 15.7 Å². The van der Waals surface area contributed by atoms with Crippen LogP contribution in [0.2, 0.25) is 0 Å². The zero-order valence-electron chi connectivity index (χ0n) is 10.9. The predicted molar refractivity (Wildman–Crippen MR) is 82.0 cm³/mol. The topological polar surface area (TPSA) is 80.7 Å². The van der Waals surface area contributed by atoms with E-state index in [1.165, 1.54) is 0 Å². The van der Waals surface area contributed by atoms with Crippen molar-refractivity contribution in [3.8, 4) is 5.75 Å². The molecular formula is C13H15N3O2S2. The van der Waals surface area contributed by atoms with E-state index in [2.05, 4.69) is 10.1 Å². The summed E-state index contributed by atoms with van der Waals surface area (Å²) in [5.74, 6) is 1.69. The summed E-state index contributed by atoms with van der Waals surface area (Å²) in [4.78, 5) is 4.37. The minimum absolute atomic E-state index is 0.0891. The number of oxime groups is 1. The fourth-order valence-electron chi connectivity index (χ4n) is 1.47. The fraction of sp³-hybridized carbons (Fsp3) is 0.231. The molecule has 0 unspecified atom stereocenters. The molecule has 1 heterocycles. The van der Waals surface area contributed by atoms with Crippen LogP contribution in [0.3, 0.4) is 0 Å². The summed E-state index contributed by atoms with van der Waals surface area (Å²) >= 11 is 3.33. The summed E-state index contributed by atoms with van der Waals surface area (Å²) in [5.41, 5.74) is 7.20. The van der Waals surface area contributed by atoms with Crippen molar-refractivity contribution in [2.75, 3.05) is 12.4 Å². The first-order valence-electron chi connectivity index (χ1n) is 5.94. The van der Waals surface area contributed by atoms with Gasteiger partial charge in [0.15, 0.2) is 5.84 Å². The molecule has 0 fully saturated rings. The van der Waals surface area contributed by atoms with Crippen molar-refractivity contribution in [3.63, 3.8) is 0 Å². The Hall–Kier alpha value is -1.73. The van der Waals surface area contributed by atoms with E-state index in [-0.39, 0.29) is 5.84 Å². The van der Waals surface area contributed by atoms with Crippen LogP contribution in [0, 0.1) is 6.92 Å². The molecule has 0 radical (unpaired) electrons. The molecule has 3 N–H and O–H groups in total. The van der Waals surface area contributed by atoms with E-state index in [0.29, 0.717) is 12.2 Å². The molecule has 2 aromatic rings. The molecule has 0 bridgehead atoms. The van der Waals surface area contributed by atoms with Gasteiger partial charge in [-0.1, -0.05) is 16.9 Å². The largest absolute Gasteiger partial charge is 0.493 e. The van der Waals surface area contributed by atoms with Gasteiger partial charge in [-0.25, -0.2) is 4.98 Å². The molecule has 20 heavy (non-hydrogen) atoms. The smallest absolute Gasteiger partial charge is 0.170 e. The van der Waals surface area contributed by atoms with Crippen molar-refractivity contribution in [1.82, 2.24) is 4.98 Å². The summed E-state index contributed by atoms with van der Waals surface area (Å²) in [7, 11) is 0. The summed E-state index contributed by atoms with van der Waals surface area (Å²) < 4.78 is 6.68. The summed E-state index contributed by atoms with van der Waals surface area (Å²) in [6.45, 7) is 2.59. The molecule has 0 saturated carbocycles. The van der Waals surface area contributed by atoms with Crippen molar-refractivity contribution >= 4 is 28.9 Å². The lowest BCUT2D eigenvalue weighted by Crippen LogP contribution is -2.12. The van der Waals surface area contributed by atoms with Crippen LogP contribution in [0.15, 0.2) is 39.1 Å². The van der Waals surface area contributed by atoms with E-state index in [1.807, 2.05) is 12.3 Å². The number of thioether (sulfide) groups is 1. The third-order valence-electron chi connectivity index (χ3n) is 2.43. The Balaban J connectivity index is 1.77. The average Bonchev–Trinajstić information content (AvgIpc) is 2.89. The first kappa shape index (κ1) is 14.7. The van der Waals surface area contributed by atoms with Gasteiger partial charge in [-0.15, -0.1) is 11.3 Å². The van der Waals surface area contributed by atoms with Gasteiger partial charge in [-0.05, 0) is 31.2 Å². The van der Waals surface area contributed by atoms with Crippen molar-refractivity contribution in [3.05, 3.63) is 40.9 Å². The number of hydrogen-bond donors (Lipinski definition) is 2. The van der Waals surface area contributed by atoms with Crippen LogP contribution >= 0.6 is 23.1 Å². The molecule has 0 atom stereocenters. The van der Waals surface area contributed by atoms with Crippen LogP contribution in [0.25, 0.3) is 0 Å². The molecule has 0 amide bonds. The number of benzene rings is 1. The van der Waals surface area contributed by atoms with Gasteiger partial charge in [0.25, 0.3) is 0 Å². The van der Waals surface area contributed by atoms with Crippen LogP contribution in [0.5, 0.6) is 5.75 Å². The highest BCUT2D eigenvalue weighted by Gasteiger charge is 2.01. The number of aryl methyl sites for hydroxylation is 1. The van der Waals surface area contributed by atoms with E-state index in [1.54, 1.807) is 47.4 Å². The van der Waals surface area contributed by atoms with E-state index >= 15 is 0 Å². The monoisotopic (exact) mass is 309 g/mol. The van der Waals surface area contributed by atoms with Crippen molar-refractivity contribution < 1.29 is 9.94 Å². The summed E-state index contributed by atoms with van der Waals surface area (Å²) in [6, 6.07) is 7.10. The van der Waals surface area contributed by atoms with E-state index in [9.17, 15) is 0 Å². The van der Waals surface area contributed by atoms with Crippen LogP contribution < -0.4 is 10.5 Å². The molecule has 0 saturated heterocycles. The van der Waals surface area contributed by atoms with Gasteiger partial charge >= 0.3 is 0 Å². The Labute approximate surface area is 125 Å². The molecule has 0 aliphatic heterocycles. The lowest BCUT2D eigenvalue weighted by Gasteiger charge is -2.06. The molecule has 0 spiro atoms. The molecule has 106 valence electrons. The Morgan fingerprint density at radius 3 is 2.80 bits per heavy atom. The summed E-state index contributed by atoms with van der Waals surface area (Å²) in [5, 5.41) is 13.5. The van der Waals surface area contributed by atoms with Crippen LogP contribution in [-0.4, -0.2) is 28.4 Å². The zero-order chi connectivity index (χ0) is 14.4. The number of aromatic nitrogens is 1. The second kappa shape index (κ2) is 7.16. The highest BCUT2D eigenvalue weighted by Crippen LogP contribution is 2.22. The van der Waals surface area contributed by atoms with Crippen LogP contribution in [0.4, 0.5) is 0 Å². The molecule has 0 aliphatic carbocycles. The number of rotatable bonds is 6. The first-order chi connectivity index (χ1) is 9.69. The molecule has 7 heteroatoms. The van der Waals surface area contributed by atoms with E-state index in [0.717, 1.165) is 21.5 Å². The predicted octanol–water partition coefficient (Wildman–Crippen LogP) is 2.72. The highest BCUT2D eigenvalue weighted by atomic mass is 32.2. The fourth-order valence-corrected chi connectivity index (χ4v) is 3.20. The maximum Gasteiger partial charge on any atom is 0.170 e. The minimum atomic E-state index is 0.0891. The van der Waals surface area contributed by atoms with Gasteiger partial charge in [0.05, 0.1) is 6.61 Å². The lowest BCUT2D eigenvalue weighted by atomic mass is 10.2. The standard InChI is InChI=1S/C13H15N3O2S2/c1-9-8-20-13(15-9)19-7-6-18-11-4-2-10(3-5-11)12(14)16-17/h2-5,8,17H,6-7H2,1H3,(H2,14,16). The first-order valence-corrected chi connectivity index (χ1v) is 7.81. The van der Waals surface area contributed by atoms with Crippen LogP contribution in [0.1, 0.15) is 11.3 Å². The summed E-state index contributed by atoms with van der Waals surface area (Å²) in [6.07, 6.45) is 0. The van der Waals surface area contributed by atoms with Gasteiger partial charge in [-0.2, -0.15) is 0 Å². The number of thiazole rings is 1. The van der Waals surface area contributed by atoms with Crippen LogP contribution in [-0.2, 0) is 0 Å².